The van der Waals surface area contributed by atoms with Crippen LogP contribution in [0.15, 0.2) is 11.6 Å². The van der Waals surface area contributed by atoms with E-state index in [2.05, 4.69) is 61.5 Å². The van der Waals surface area contributed by atoms with Crippen LogP contribution in [0.25, 0.3) is 0 Å². The fourth-order valence-electron chi connectivity index (χ4n) is 10.7. The van der Waals surface area contributed by atoms with E-state index < -0.39 is 0 Å². The molecule has 1 nitrogen and oxygen atoms in total. The first kappa shape index (κ1) is 22.2. The molecule has 0 saturated heterocycles. The van der Waals surface area contributed by atoms with E-state index in [4.69, 9.17) is 0 Å². The third-order valence-corrected chi connectivity index (χ3v) is 12.4. The number of hydrogen-bond acceptors (Lipinski definition) is 1. The predicted molar refractivity (Wildman–Crippen MR) is 130 cm³/mol. The number of rotatable bonds is 0. The Morgan fingerprint density at radius 1 is 0.677 bits per heavy atom. The Hall–Kier alpha value is -0.590. The van der Waals surface area contributed by atoms with Crippen LogP contribution in [0.5, 0.6) is 0 Å². The summed E-state index contributed by atoms with van der Waals surface area (Å²) in [6, 6.07) is 0. The van der Waals surface area contributed by atoms with E-state index in [0.717, 1.165) is 18.3 Å². The van der Waals surface area contributed by atoms with E-state index in [1.165, 1.54) is 57.8 Å². The zero-order chi connectivity index (χ0) is 22.7. The average Bonchev–Trinajstić information content (AvgIpc) is 2.64. The predicted octanol–water partition coefficient (Wildman–Crippen LogP) is 8.38. The van der Waals surface area contributed by atoms with Crippen LogP contribution >= 0.6 is 0 Å². The molecule has 0 N–H and O–H groups in total. The summed E-state index contributed by atoms with van der Waals surface area (Å²) in [6.45, 7) is 20.1. The van der Waals surface area contributed by atoms with Crippen molar-refractivity contribution in [3.05, 3.63) is 11.6 Å². The summed E-state index contributed by atoms with van der Waals surface area (Å²) in [6.07, 6.45) is 15.2. The summed E-state index contributed by atoms with van der Waals surface area (Å²) in [5, 5.41) is 0. The molecule has 5 rings (SSSR count). The van der Waals surface area contributed by atoms with Crippen molar-refractivity contribution in [2.75, 3.05) is 0 Å². The second-order valence-corrected chi connectivity index (χ2v) is 15.1. The van der Waals surface area contributed by atoms with Crippen molar-refractivity contribution in [1.29, 1.82) is 0 Å². The summed E-state index contributed by atoms with van der Waals surface area (Å²) < 4.78 is 0. The fraction of sp³-hybridized carbons (Fsp3) is 0.900. The summed E-state index contributed by atoms with van der Waals surface area (Å²) >= 11 is 0. The van der Waals surface area contributed by atoms with Gasteiger partial charge in [0.2, 0.25) is 0 Å². The minimum atomic E-state index is -0.134. The van der Waals surface area contributed by atoms with E-state index in [0.29, 0.717) is 27.9 Å². The molecule has 0 aromatic rings. The standard InChI is InChI=1S/C30H48O/c1-25(2)16-17-30(8)23(19-25)29(7)15-11-21-27(5)13-9-12-26(3,4)20(27)10-14-28(21,6)22(29)18-24(30)31/h18,20-21,23H,9-17,19H2,1-8H3. The molecule has 0 aromatic heterocycles. The Morgan fingerprint density at radius 3 is 1.97 bits per heavy atom. The molecule has 7 atom stereocenters. The largest absolute Gasteiger partial charge is 0.294 e. The van der Waals surface area contributed by atoms with Crippen LogP contribution in [0, 0.1) is 50.2 Å². The highest BCUT2D eigenvalue weighted by Gasteiger charge is 2.67. The Morgan fingerprint density at radius 2 is 1.29 bits per heavy atom. The fourth-order valence-corrected chi connectivity index (χ4v) is 10.7. The molecule has 0 heterocycles. The van der Waals surface area contributed by atoms with Crippen LogP contribution in [-0.4, -0.2) is 5.78 Å². The molecule has 5 aliphatic carbocycles. The van der Waals surface area contributed by atoms with E-state index in [1.807, 2.05) is 0 Å². The van der Waals surface area contributed by atoms with Gasteiger partial charge < -0.3 is 0 Å². The van der Waals surface area contributed by atoms with Crippen molar-refractivity contribution in [2.24, 2.45) is 50.2 Å². The Labute approximate surface area is 192 Å². The van der Waals surface area contributed by atoms with Crippen LogP contribution in [-0.2, 0) is 4.79 Å². The summed E-state index contributed by atoms with van der Waals surface area (Å²) in [7, 11) is 0. The number of carbonyl (C=O) groups is 1. The molecule has 0 aliphatic heterocycles. The van der Waals surface area contributed by atoms with Crippen molar-refractivity contribution in [2.45, 2.75) is 120 Å². The van der Waals surface area contributed by atoms with Gasteiger partial charge in [0.1, 0.15) is 0 Å². The van der Waals surface area contributed by atoms with Gasteiger partial charge in [-0.1, -0.05) is 67.4 Å². The van der Waals surface area contributed by atoms with Gasteiger partial charge in [-0.15, -0.1) is 0 Å². The summed E-state index contributed by atoms with van der Waals surface area (Å²) in [4.78, 5) is 13.8. The Balaban J connectivity index is 1.61. The monoisotopic (exact) mass is 424 g/mol. The maximum Gasteiger partial charge on any atom is 0.161 e. The van der Waals surface area contributed by atoms with Gasteiger partial charge in [0.15, 0.2) is 5.78 Å². The lowest BCUT2D eigenvalue weighted by molar-refractivity contribution is -0.162. The quantitative estimate of drug-likeness (QED) is 0.381. The van der Waals surface area contributed by atoms with Gasteiger partial charge in [-0.3, -0.25) is 4.79 Å². The summed E-state index contributed by atoms with van der Waals surface area (Å²) in [5.74, 6) is 2.57. The minimum Gasteiger partial charge on any atom is -0.294 e. The molecule has 31 heavy (non-hydrogen) atoms. The second-order valence-electron chi connectivity index (χ2n) is 15.1. The van der Waals surface area contributed by atoms with E-state index in [-0.39, 0.29) is 16.2 Å². The van der Waals surface area contributed by atoms with Gasteiger partial charge in [-0.2, -0.15) is 0 Å². The molecule has 174 valence electrons. The molecular formula is C30H48O. The lowest BCUT2D eigenvalue weighted by Gasteiger charge is -2.69. The average molecular weight is 425 g/mol. The number of carbonyl (C=O) groups excluding carboxylic acids is 1. The number of hydrogen-bond donors (Lipinski definition) is 0. The second kappa shape index (κ2) is 6.29. The van der Waals surface area contributed by atoms with Crippen LogP contribution in [0.3, 0.4) is 0 Å². The normalized spacial score (nSPS) is 52.8. The third-order valence-electron chi connectivity index (χ3n) is 12.4. The van der Waals surface area contributed by atoms with E-state index in [1.54, 1.807) is 5.57 Å². The lowest BCUT2D eigenvalue weighted by atomic mass is 9.35. The molecule has 0 amide bonds. The van der Waals surface area contributed by atoms with Gasteiger partial charge in [-0.25, -0.2) is 0 Å². The van der Waals surface area contributed by atoms with Crippen LogP contribution in [0.2, 0.25) is 0 Å². The molecule has 0 bridgehead atoms. The highest BCUT2D eigenvalue weighted by molar-refractivity contribution is 5.97. The number of fused-ring (bicyclic) bond motifs is 7. The minimum absolute atomic E-state index is 0.134. The maximum atomic E-state index is 13.8. The van der Waals surface area contributed by atoms with Crippen LogP contribution in [0.4, 0.5) is 0 Å². The molecular weight excluding hydrogens is 376 g/mol. The van der Waals surface area contributed by atoms with Crippen molar-refractivity contribution < 1.29 is 4.79 Å². The van der Waals surface area contributed by atoms with Gasteiger partial charge in [0.25, 0.3) is 0 Å². The number of ketones is 1. The van der Waals surface area contributed by atoms with Gasteiger partial charge in [0, 0.05) is 5.41 Å². The first-order valence-corrected chi connectivity index (χ1v) is 13.5. The van der Waals surface area contributed by atoms with Crippen molar-refractivity contribution in [3.8, 4) is 0 Å². The first-order valence-electron chi connectivity index (χ1n) is 13.5. The van der Waals surface area contributed by atoms with E-state index >= 15 is 0 Å². The molecule has 1 heteroatoms. The third kappa shape index (κ3) is 2.76. The van der Waals surface area contributed by atoms with E-state index in [9.17, 15) is 4.79 Å². The summed E-state index contributed by atoms with van der Waals surface area (Å²) in [5.41, 5.74) is 3.15. The highest BCUT2D eigenvalue weighted by Crippen LogP contribution is 2.74. The molecule has 0 radical (unpaired) electrons. The number of allylic oxidation sites excluding steroid dienone is 2. The van der Waals surface area contributed by atoms with Crippen molar-refractivity contribution in [3.63, 3.8) is 0 Å². The zero-order valence-corrected chi connectivity index (χ0v) is 21.8. The lowest BCUT2D eigenvalue weighted by Crippen LogP contribution is -2.62. The van der Waals surface area contributed by atoms with Crippen LogP contribution in [0.1, 0.15) is 120 Å². The molecule has 0 aromatic carbocycles. The van der Waals surface area contributed by atoms with Crippen molar-refractivity contribution in [1.82, 2.24) is 0 Å². The SMILES string of the molecule is CC1(C)CCC2(C)C(=O)C=C3C(C)(CCC4C3(C)CCC3C(C)(C)CCCC34C)C2C1. The first-order chi connectivity index (χ1) is 14.2. The Kier molecular flexibility index (Phi) is 4.51. The molecule has 5 aliphatic rings. The molecule has 4 fully saturated rings. The topological polar surface area (TPSA) is 17.1 Å². The van der Waals surface area contributed by atoms with Gasteiger partial charge >= 0.3 is 0 Å². The molecule has 7 unspecified atom stereocenters. The Bertz CT molecular complexity index is 831. The zero-order valence-electron chi connectivity index (χ0n) is 21.8. The van der Waals surface area contributed by atoms with Gasteiger partial charge in [-0.05, 0) is 109 Å². The smallest absolute Gasteiger partial charge is 0.161 e. The van der Waals surface area contributed by atoms with Crippen molar-refractivity contribution >= 4 is 5.78 Å². The molecule has 0 spiro atoms. The van der Waals surface area contributed by atoms with Gasteiger partial charge in [0.05, 0.1) is 0 Å². The van der Waals surface area contributed by atoms with Crippen LogP contribution < -0.4 is 0 Å². The molecule has 4 saturated carbocycles. The highest BCUT2D eigenvalue weighted by atomic mass is 16.1. The maximum absolute atomic E-state index is 13.8.